The van der Waals surface area contributed by atoms with Crippen LogP contribution in [0.25, 0.3) is 10.9 Å². The highest BCUT2D eigenvalue weighted by Crippen LogP contribution is 2.25. The summed E-state index contributed by atoms with van der Waals surface area (Å²) < 4.78 is 2.20. The predicted molar refractivity (Wildman–Crippen MR) is 67.0 cm³/mol. The van der Waals surface area contributed by atoms with Gasteiger partial charge in [-0.05, 0) is 25.8 Å². The second-order valence-corrected chi connectivity index (χ2v) is 4.26. The van der Waals surface area contributed by atoms with E-state index in [1.54, 1.807) is 6.92 Å². The van der Waals surface area contributed by atoms with Crippen LogP contribution in [0.2, 0.25) is 0 Å². The van der Waals surface area contributed by atoms with Gasteiger partial charge in [-0.25, -0.2) is 0 Å². The highest BCUT2D eigenvalue weighted by molar-refractivity contribution is 6.07. The molecule has 0 atom stereocenters. The second kappa shape index (κ2) is 4.12. The summed E-state index contributed by atoms with van der Waals surface area (Å²) in [6.45, 7) is 6.85. The first kappa shape index (κ1) is 10.9. The number of fused-ring (bicyclic) bond motifs is 1. The Morgan fingerprint density at radius 1 is 1.38 bits per heavy atom. The van der Waals surface area contributed by atoms with E-state index in [0.29, 0.717) is 0 Å². The number of rotatable bonds is 3. The van der Waals surface area contributed by atoms with Gasteiger partial charge in [0.2, 0.25) is 0 Å². The molecule has 0 bridgehead atoms. The van der Waals surface area contributed by atoms with Crippen molar-refractivity contribution in [3.8, 4) is 0 Å². The zero-order chi connectivity index (χ0) is 11.7. The lowest BCUT2D eigenvalue weighted by Crippen LogP contribution is -1.95. The molecule has 0 spiro atoms. The molecule has 0 radical (unpaired) electrons. The number of carbonyl (C=O) groups excluding carboxylic acids is 1. The Morgan fingerprint density at radius 3 is 2.75 bits per heavy atom. The van der Waals surface area contributed by atoms with Crippen molar-refractivity contribution in [2.24, 2.45) is 0 Å². The average Bonchev–Trinajstić information content (AvgIpc) is 2.59. The van der Waals surface area contributed by atoms with Crippen LogP contribution in [-0.2, 0) is 6.54 Å². The van der Waals surface area contributed by atoms with E-state index >= 15 is 0 Å². The van der Waals surface area contributed by atoms with Crippen LogP contribution >= 0.6 is 0 Å². The van der Waals surface area contributed by atoms with E-state index in [-0.39, 0.29) is 5.78 Å². The van der Waals surface area contributed by atoms with E-state index in [9.17, 15) is 4.79 Å². The van der Waals surface area contributed by atoms with Crippen molar-refractivity contribution in [3.05, 3.63) is 35.5 Å². The molecule has 2 rings (SSSR count). The molecular formula is C14H17NO. The highest BCUT2D eigenvalue weighted by atomic mass is 16.1. The first-order chi connectivity index (χ1) is 7.65. The maximum atomic E-state index is 11.6. The van der Waals surface area contributed by atoms with Gasteiger partial charge in [0.15, 0.2) is 5.78 Å². The molecule has 84 valence electrons. The number of hydrogen-bond acceptors (Lipinski definition) is 1. The van der Waals surface area contributed by atoms with Gasteiger partial charge in [0.05, 0.1) is 5.52 Å². The van der Waals surface area contributed by atoms with Gasteiger partial charge in [0, 0.05) is 23.7 Å². The molecule has 0 unspecified atom stereocenters. The lowest BCUT2D eigenvalue weighted by atomic mass is 10.1. The molecule has 2 heteroatoms. The summed E-state index contributed by atoms with van der Waals surface area (Å²) >= 11 is 0. The number of aryl methyl sites for hydroxylation is 2. The number of carbonyl (C=O) groups is 1. The fourth-order valence-corrected chi connectivity index (χ4v) is 2.25. The molecule has 1 aromatic heterocycles. The molecule has 16 heavy (non-hydrogen) atoms. The highest BCUT2D eigenvalue weighted by Gasteiger charge is 2.12. The molecule has 0 aliphatic carbocycles. The Balaban J connectivity index is 2.76. The van der Waals surface area contributed by atoms with Crippen LogP contribution < -0.4 is 0 Å². The van der Waals surface area contributed by atoms with Gasteiger partial charge < -0.3 is 4.57 Å². The third kappa shape index (κ3) is 1.64. The summed E-state index contributed by atoms with van der Waals surface area (Å²) in [5.74, 6) is 0.144. The van der Waals surface area contributed by atoms with Gasteiger partial charge >= 0.3 is 0 Å². The molecule has 0 aliphatic heterocycles. The number of benzene rings is 1. The van der Waals surface area contributed by atoms with Gasteiger partial charge in [-0.3, -0.25) is 4.79 Å². The third-order valence-electron chi connectivity index (χ3n) is 2.94. The van der Waals surface area contributed by atoms with Crippen LogP contribution in [0.3, 0.4) is 0 Å². The molecule has 1 heterocycles. The molecule has 0 amide bonds. The smallest absolute Gasteiger partial charge is 0.161 e. The summed E-state index contributed by atoms with van der Waals surface area (Å²) in [6.07, 6.45) is 3.07. The van der Waals surface area contributed by atoms with E-state index in [4.69, 9.17) is 0 Å². The fourth-order valence-electron chi connectivity index (χ4n) is 2.25. The standard InChI is InChI=1S/C14H17NO/c1-4-8-15-9-13(11(3)16)12-7-5-6-10(2)14(12)15/h5-7,9H,4,8H2,1-3H3. The maximum absolute atomic E-state index is 11.6. The summed E-state index contributed by atoms with van der Waals surface area (Å²) in [6, 6.07) is 6.14. The number of para-hydroxylation sites is 1. The quantitative estimate of drug-likeness (QED) is 0.717. The van der Waals surface area contributed by atoms with Crippen molar-refractivity contribution in [1.82, 2.24) is 4.57 Å². The minimum absolute atomic E-state index is 0.144. The molecule has 2 aromatic rings. The number of nitrogens with zero attached hydrogens (tertiary/aromatic N) is 1. The minimum Gasteiger partial charge on any atom is -0.347 e. The second-order valence-electron chi connectivity index (χ2n) is 4.26. The SMILES string of the molecule is CCCn1cc(C(C)=O)c2cccc(C)c21. The lowest BCUT2D eigenvalue weighted by molar-refractivity contribution is 0.101. The van der Waals surface area contributed by atoms with Crippen molar-refractivity contribution in [1.29, 1.82) is 0 Å². The molecule has 0 N–H and O–H groups in total. The summed E-state index contributed by atoms with van der Waals surface area (Å²) in [5, 5.41) is 1.08. The van der Waals surface area contributed by atoms with Crippen LogP contribution in [0.1, 0.15) is 36.2 Å². The maximum Gasteiger partial charge on any atom is 0.161 e. The fraction of sp³-hybridized carbons (Fsp3) is 0.357. The topological polar surface area (TPSA) is 22.0 Å². The van der Waals surface area contributed by atoms with Gasteiger partial charge in [0.25, 0.3) is 0 Å². The monoisotopic (exact) mass is 215 g/mol. The van der Waals surface area contributed by atoms with Crippen molar-refractivity contribution >= 4 is 16.7 Å². The summed E-state index contributed by atoms with van der Waals surface area (Å²) in [7, 11) is 0. The third-order valence-corrected chi connectivity index (χ3v) is 2.94. The lowest BCUT2D eigenvalue weighted by Gasteiger charge is -2.04. The van der Waals surface area contributed by atoms with Gasteiger partial charge in [-0.15, -0.1) is 0 Å². The van der Waals surface area contributed by atoms with Crippen LogP contribution in [0.5, 0.6) is 0 Å². The van der Waals surface area contributed by atoms with E-state index in [1.807, 2.05) is 18.3 Å². The average molecular weight is 215 g/mol. The normalized spacial score (nSPS) is 10.9. The van der Waals surface area contributed by atoms with E-state index in [1.165, 1.54) is 11.1 Å². The van der Waals surface area contributed by atoms with Crippen molar-refractivity contribution < 1.29 is 4.79 Å². The van der Waals surface area contributed by atoms with Gasteiger partial charge in [0.1, 0.15) is 0 Å². The Morgan fingerprint density at radius 2 is 2.12 bits per heavy atom. The number of aromatic nitrogens is 1. The first-order valence-corrected chi connectivity index (χ1v) is 5.74. The molecule has 2 nitrogen and oxygen atoms in total. The van der Waals surface area contributed by atoms with E-state index < -0.39 is 0 Å². The van der Waals surface area contributed by atoms with Crippen molar-refractivity contribution in [3.63, 3.8) is 0 Å². The van der Waals surface area contributed by atoms with Crippen LogP contribution in [0, 0.1) is 6.92 Å². The zero-order valence-corrected chi connectivity index (χ0v) is 10.1. The summed E-state index contributed by atoms with van der Waals surface area (Å²) in [4.78, 5) is 11.6. The molecule has 0 aliphatic rings. The Kier molecular flexibility index (Phi) is 2.82. The molecule has 0 fully saturated rings. The largest absolute Gasteiger partial charge is 0.347 e. The Hall–Kier alpha value is -1.57. The van der Waals surface area contributed by atoms with Gasteiger partial charge in [-0.1, -0.05) is 25.1 Å². The minimum atomic E-state index is 0.144. The molecule has 0 saturated heterocycles. The molecule has 1 aromatic carbocycles. The van der Waals surface area contributed by atoms with Crippen LogP contribution in [0.4, 0.5) is 0 Å². The van der Waals surface area contributed by atoms with Crippen molar-refractivity contribution in [2.45, 2.75) is 33.7 Å². The van der Waals surface area contributed by atoms with E-state index in [2.05, 4.69) is 24.5 Å². The number of Topliss-reactive ketones (excluding diaryl/α,β-unsaturated/α-hetero) is 1. The van der Waals surface area contributed by atoms with Crippen LogP contribution in [-0.4, -0.2) is 10.4 Å². The zero-order valence-electron chi connectivity index (χ0n) is 10.1. The van der Waals surface area contributed by atoms with Gasteiger partial charge in [-0.2, -0.15) is 0 Å². The number of ketones is 1. The summed E-state index contributed by atoms with van der Waals surface area (Å²) in [5.41, 5.74) is 3.28. The van der Waals surface area contributed by atoms with Crippen molar-refractivity contribution in [2.75, 3.05) is 0 Å². The predicted octanol–water partition coefficient (Wildman–Crippen LogP) is 3.56. The Labute approximate surface area is 95.9 Å². The molecule has 0 saturated carbocycles. The van der Waals surface area contributed by atoms with E-state index in [0.717, 1.165) is 23.9 Å². The molecular weight excluding hydrogens is 198 g/mol. The number of hydrogen-bond donors (Lipinski definition) is 0. The Bertz CT molecular complexity index is 537. The first-order valence-electron chi connectivity index (χ1n) is 5.74. The van der Waals surface area contributed by atoms with Crippen LogP contribution in [0.15, 0.2) is 24.4 Å².